The third kappa shape index (κ3) is 3.87. The van der Waals surface area contributed by atoms with E-state index in [9.17, 15) is 4.79 Å². The number of pyridine rings is 2. The number of amides is 1. The molecule has 2 aromatic rings. The maximum absolute atomic E-state index is 12.6. The fraction of sp³-hybridized carbons (Fsp3) is 0.476. The standard InChI is InChI=1S/C21H25N3O3/c1-15-6-8-22-11-17(15)12-26-18-7-9-27-21(10-18)13-24(14-21)20(25)19-5-3-4-16(2)23-19/h3-6,8,11,18H,7,9-10,12-14H2,1-2H3/t18-/m1/s1. The van der Waals surface area contributed by atoms with Crippen LogP contribution in [-0.2, 0) is 16.1 Å². The molecule has 4 rings (SSSR count). The van der Waals surface area contributed by atoms with Crippen LogP contribution in [0, 0.1) is 13.8 Å². The number of ether oxygens (including phenoxy) is 2. The zero-order valence-electron chi connectivity index (χ0n) is 15.9. The first-order valence-electron chi connectivity index (χ1n) is 9.43. The Morgan fingerprint density at radius 3 is 2.96 bits per heavy atom. The van der Waals surface area contributed by atoms with E-state index < -0.39 is 0 Å². The first-order valence-corrected chi connectivity index (χ1v) is 9.43. The molecule has 2 aliphatic rings. The predicted molar refractivity (Wildman–Crippen MR) is 100 cm³/mol. The van der Waals surface area contributed by atoms with Gasteiger partial charge in [-0.3, -0.25) is 9.78 Å². The molecule has 142 valence electrons. The van der Waals surface area contributed by atoms with Gasteiger partial charge < -0.3 is 14.4 Å². The molecular weight excluding hydrogens is 342 g/mol. The fourth-order valence-electron chi connectivity index (χ4n) is 3.82. The summed E-state index contributed by atoms with van der Waals surface area (Å²) in [5.41, 5.74) is 3.39. The number of aryl methyl sites for hydroxylation is 2. The van der Waals surface area contributed by atoms with Crippen molar-refractivity contribution in [3.8, 4) is 0 Å². The van der Waals surface area contributed by atoms with Gasteiger partial charge in [-0.25, -0.2) is 4.98 Å². The molecular formula is C21H25N3O3. The van der Waals surface area contributed by atoms with Crippen LogP contribution in [0.1, 0.15) is 40.2 Å². The number of nitrogens with zero attached hydrogens (tertiary/aromatic N) is 3. The summed E-state index contributed by atoms with van der Waals surface area (Å²) in [7, 11) is 0. The Balaban J connectivity index is 1.33. The molecule has 2 fully saturated rings. The van der Waals surface area contributed by atoms with Crippen LogP contribution in [0.3, 0.4) is 0 Å². The van der Waals surface area contributed by atoms with Crippen LogP contribution in [0.25, 0.3) is 0 Å². The second kappa shape index (κ2) is 7.37. The van der Waals surface area contributed by atoms with E-state index in [1.54, 1.807) is 12.3 Å². The Morgan fingerprint density at radius 2 is 2.19 bits per heavy atom. The van der Waals surface area contributed by atoms with E-state index in [0.717, 1.165) is 24.1 Å². The molecule has 1 spiro atoms. The second-order valence-electron chi connectivity index (χ2n) is 7.58. The topological polar surface area (TPSA) is 64.6 Å². The van der Waals surface area contributed by atoms with Crippen molar-refractivity contribution in [2.45, 2.75) is 45.0 Å². The largest absolute Gasteiger partial charge is 0.373 e. The minimum Gasteiger partial charge on any atom is -0.373 e. The first kappa shape index (κ1) is 18.1. The summed E-state index contributed by atoms with van der Waals surface area (Å²) >= 11 is 0. The predicted octanol–water partition coefficient (Wildman–Crippen LogP) is 2.68. The summed E-state index contributed by atoms with van der Waals surface area (Å²) in [6.45, 7) is 6.41. The SMILES string of the molecule is Cc1cccc(C(=O)N2CC3(C[C@H](OCc4cnccc4C)CCO3)C2)n1. The summed E-state index contributed by atoms with van der Waals surface area (Å²) < 4.78 is 12.2. The lowest BCUT2D eigenvalue weighted by atomic mass is 9.84. The molecule has 2 aliphatic heterocycles. The molecule has 0 N–H and O–H groups in total. The highest BCUT2D eigenvalue weighted by molar-refractivity contribution is 5.93. The van der Waals surface area contributed by atoms with E-state index in [0.29, 0.717) is 32.0 Å². The van der Waals surface area contributed by atoms with Crippen LogP contribution in [0.4, 0.5) is 0 Å². The normalized spacial score (nSPS) is 21.1. The highest BCUT2D eigenvalue weighted by Crippen LogP contribution is 2.36. The summed E-state index contributed by atoms with van der Waals surface area (Å²) in [5.74, 6) is -0.0260. The molecule has 27 heavy (non-hydrogen) atoms. The van der Waals surface area contributed by atoms with Gasteiger partial charge in [-0.05, 0) is 49.6 Å². The molecule has 4 heterocycles. The van der Waals surface area contributed by atoms with Crippen molar-refractivity contribution in [1.82, 2.24) is 14.9 Å². The number of hydrogen-bond acceptors (Lipinski definition) is 5. The average molecular weight is 367 g/mol. The molecule has 1 atom stereocenters. The van der Waals surface area contributed by atoms with Crippen molar-refractivity contribution < 1.29 is 14.3 Å². The summed E-state index contributed by atoms with van der Waals surface area (Å²) in [4.78, 5) is 22.9. The van der Waals surface area contributed by atoms with Crippen molar-refractivity contribution in [2.24, 2.45) is 0 Å². The quantitative estimate of drug-likeness (QED) is 0.831. The van der Waals surface area contributed by atoms with Crippen LogP contribution in [0.2, 0.25) is 0 Å². The van der Waals surface area contributed by atoms with E-state index >= 15 is 0 Å². The molecule has 0 radical (unpaired) electrons. The van der Waals surface area contributed by atoms with Crippen LogP contribution in [0.15, 0.2) is 36.7 Å². The van der Waals surface area contributed by atoms with Gasteiger partial charge in [-0.2, -0.15) is 0 Å². The monoisotopic (exact) mass is 367 g/mol. The minimum atomic E-state index is -0.271. The van der Waals surface area contributed by atoms with Gasteiger partial charge >= 0.3 is 0 Å². The fourth-order valence-corrected chi connectivity index (χ4v) is 3.82. The van der Waals surface area contributed by atoms with Gasteiger partial charge in [0.15, 0.2) is 0 Å². The summed E-state index contributed by atoms with van der Waals surface area (Å²) in [6.07, 6.45) is 5.51. The van der Waals surface area contributed by atoms with Gasteiger partial charge in [0.1, 0.15) is 11.3 Å². The van der Waals surface area contributed by atoms with Crippen molar-refractivity contribution in [2.75, 3.05) is 19.7 Å². The van der Waals surface area contributed by atoms with Crippen molar-refractivity contribution in [1.29, 1.82) is 0 Å². The summed E-state index contributed by atoms with van der Waals surface area (Å²) in [6, 6.07) is 7.53. The Labute approximate surface area is 159 Å². The first-order chi connectivity index (χ1) is 13.0. The van der Waals surface area contributed by atoms with Gasteiger partial charge in [-0.15, -0.1) is 0 Å². The van der Waals surface area contributed by atoms with E-state index in [1.165, 1.54) is 5.56 Å². The molecule has 6 nitrogen and oxygen atoms in total. The molecule has 6 heteroatoms. The molecule has 0 aliphatic carbocycles. The highest BCUT2D eigenvalue weighted by Gasteiger charge is 2.49. The van der Waals surface area contributed by atoms with Gasteiger partial charge in [-0.1, -0.05) is 6.07 Å². The smallest absolute Gasteiger partial charge is 0.272 e. The molecule has 1 amide bonds. The van der Waals surface area contributed by atoms with Gasteiger partial charge in [0.2, 0.25) is 0 Å². The van der Waals surface area contributed by atoms with Crippen molar-refractivity contribution in [3.05, 3.63) is 59.2 Å². The minimum absolute atomic E-state index is 0.0260. The molecule has 2 saturated heterocycles. The lowest BCUT2D eigenvalue weighted by Gasteiger charge is -2.52. The third-order valence-corrected chi connectivity index (χ3v) is 5.42. The number of likely N-dealkylation sites (tertiary alicyclic amines) is 1. The molecule has 0 saturated carbocycles. The third-order valence-electron chi connectivity index (χ3n) is 5.42. The molecule has 0 aromatic carbocycles. The van der Waals surface area contributed by atoms with Crippen molar-refractivity contribution in [3.63, 3.8) is 0 Å². The van der Waals surface area contributed by atoms with Gasteiger partial charge in [0.05, 0.1) is 25.8 Å². The Morgan fingerprint density at radius 1 is 1.33 bits per heavy atom. The lowest BCUT2D eigenvalue weighted by molar-refractivity contribution is -0.188. The number of rotatable bonds is 4. The number of aromatic nitrogens is 2. The van der Waals surface area contributed by atoms with E-state index in [1.807, 2.05) is 36.2 Å². The van der Waals surface area contributed by atoms with E-state index in [-0.39, 0.29) is 17.6 Å². The van der Waals surface area contributed by atoms with Crippen LogP contribution in [0.5, 0.6) is 0 Å². The Kier molecular flexibility index (Phi) is 4.93. The van der Waals surface area contributed by atoms with Gasteiger partial charge in [0, 0.05) is 31.1 Å². The Bertz CT molecular complexity index is 833. The second-order valence-corrected chi connectivity index (χ2v) is 7.58. The molecule has 2 aromatic heterocycles. The molecule has 0 bridgehead atoms. The number of hydrogen-bond donors (Lipinski definition) is 0. The van der Waals surface area contributed by atoms with E-state index in [4.69, 9.17) is 9.47 Å². The zero-order valence-corrected chi connectivity index (χ0v) is 15.9. The summed E-state index contributed by atoms with van der Waals surface area (Å²) in [5, 5.41) is 0. The average Bonchev–Trinajstić information content (AvgIpc) is 2.65. The number of carbonyl (C=O) groups excluding carboxylic acids is 1. The number of carbonyl (C=O) groups is 1. The van der Waals surface area contributed by atoms with Crippen LogP contribution in [-0.4, -0.2) is 52.2 Å². The van der Waals surface area contributed by atoms with Crippen LogP contribution >= 0.6 is 0 Å². The van der Waals surface area contributed by atoms with Crippen molar-refractivity contribution >= 4 is 5.91 Å². The Hall–Kier alpha value is -2.31. The lowest BCUT2D eigenvalue weighted by Crippen LogP contribution is -2.67. The molecule has 0 unspecified atom stereocenters. The maximum Gasteiger partial charge on any atom is 0.272 e. The highest BCUT2D eigenvalue weighted by atomic mass is 16.5. The zero-order chi connectivity index (χ0) is 18.9. The van der Waals surface area contributed by atoms with E-state index in [2.05, 4.69) is 16.9 Å². The maximum atomic E-state index is 12.6. The van der Waals surface area contributed by atoms with Crippen LogP contribution < -0.4 is 0 Å². The van der Waals surface area contributed by atoms with Gasteiger partial charge in [0.25, 0.3) is 5.91 Å².